The molecule has 0 aliphatic heterocycles. The molecule has 0 saturated heterocycles. The molecule has 1 heterocycles. The molecule has 0 fully saturated rings. The van der Waals surface area contributed by atoms with Crippen molar-refractivity contribution in [3.63, 3.8) is 0 Å². The Balaban J connectivity index is 1.80. The first-order valence-corrected chi connectivity index (χ1v) is 11.7. The van der Waals surface area contributed by atoms with Gasteiger partial charge >= 0.3 is 6.03 Å². The van der Waals surface area contributed by atoms with Crippen LogP contribution in [0.25, 0.3) is 5.69 Å². The van der Waals surface area contributed by atoms with E-state index >= 15 is 0 Å². The van der Waals surface area contributed by atoms with Gasteiger partial charge in [0.15, 0.2) is 0 Å². The molecule has 7 nitrogen and oxygen atoms in total. The average molecular weight is 462 g/mol. The van der Waals surface area contributed by atoms with Crippen LogP contribution in [0.2, 0.25) is 0 Å². The van der Waals surface area contributed by atoms with Gasteiger partial charge in [0, 0.05) is 23.7 Å². The number of nitrogens with one attached hydrogen (secondary N) is 2. The van der Waals surface area contributed by atoms with Gasteiger partial charge < -0.3 is 15.5 Å². The summed E-state index contributed by atoms with van der Waals surface area (Å²) in [5.41, 5.74) is 4.28. The maximum atomic E-state index is 13.1. The normalized spacial score (nSPS) is 11.2. The summed E-state index contributed by atoms with van der Waals surface area (Å²) in [6.45, 7) is 12.5. The van der Waals surface area contributed by atoms with E-state index in [1.807, 2.05) is 75.4 Å². The van der Waals surface area contributed by atoms with Gasteiger partial charge in [0.25, 0.3) is 0 Å². The summed E-state index contributed by atoms with van der Waals surface area (Å²) >= 11 is 0. The predicted molar refractivity (Wildman–Crippen MR) is 138 cm³/mol. The molecule has 0 aliphatic rings. The molecule has 0 saturated carbocycles. The number of benzene rings is 2. The number of amides is 3. The van der Waals surface area contributed by atoms with Gasteiger partial charge in [0.2, 0.25) is 5.91 Å². The van der Waals surface area contributed by atoms with Crippen molar-refractivity contribution < 1.29 is 9.59 Å². The number of urea groups is 1. The van der Waals surface area contributed by atoms with Crippen LogP contribution >= 0.6 is 0 Å². The number of carbonyl (C=O) groups is 2. The lowest BCUT2D eigenvalue weighted by atomic mass is 9.92. The Morgan fingerprint density at radius 3 is 2.21 bits per heavy atom. The largest absolute Gasteiger partial charge is 0.322 e. The number of hydrogen-bond acceptors (Lipinski definition) is 3. The zero-order chi connectivity index (χ0) is 24.9. The Hall–Kier alpha value is -3.61. The van der Waals surface area contributed by atoms with Gasteiger partial charge in [-0.1, -0.05) is 64.1 Å². The summed E-state index contributed by atoms with van der Waals surface area (Å²) in [7, 11) is 0. The number of hydrogen-bond donors (Lipinski definition) is 2. The van der Waals surface area contributed by atoms with E-state index in [0.717, 1.165) is 34.6 Å². The van der Waals surface area contributed by atoms with Crippen LogP contribution in [0.5, 0.6) is 0 Å². The zero-order valence-electron chi connectivity index (χ0n) is 21.0. The molecule has 0 unspecified atom stereocenters. The molecule has 3 aromatic rings. The molecule has 180 valence electrons. The van der Waals surface area contributed by atoms with Crippen LogP contribution in [-0.4, -0.2) is 39.7 Å². The highest BCUT2D eigenvalue weighted by molar-refractivity contribution is 5.97. The highest BCUT2D eigenvalue weighted by atomic mass is 16.2. The number of nitrogens with zero attached hydrogens (tertiary/aromatic N) is 3. The van der Waals surface area contributed by atoms with Crippen LogP contribution in [0.4, 0.5) is 16.3 Å². The number of carbonyl (C=O) groups excluding carboxylic acids is 2. The first-order chi connectivity index (χ1) is 16.1. The third-order valence-corrected chi connectivity index (χ3v) is 5.57. The van der Waals surface area contributed by atoms with Crippen molar-refractivity contribution in [1.82, 2.24) is 14.7 Å². The van der Waals surface area contributed by atoms with E-state index in [0.29, 0.717) is 12.4 Å². The monoisotopic (exact) mass is 461 g/mol. The maximum absolute atomic E-state index is 13.1. The van der Waals surface area contributed by atoms with E-state index in [-0.39, 0.29) is 23.9 Å². The first-order valence-electron chi connectivity index (χ1n) is 11.7. The summed E-state index contributed by atoms with van der Waals surface area (Å²) in [6.07, 6.45) is 0.740. The molecule has 2 aromatic carbocycles. The maximum Gasteiger partial charge on any atom is 0.322 e. The molecular formula is C27H35N5O2. The Kier molecular flexibility index (Phi) is 7.76. The number of rotatable bonds is 7. The second kappa shape index (κ2) is 10.5. The van der Waals surface area contributed by atoms with Crippen molar-refractivity contribution in [2.75, 3.05) is 23.7 Å². The number of anilines is 2. The molecule has 0 bridgehead atoms. The molecule has 0 spiro atoms. The lowest BCUT2D eigenvalue weighted by molar-refractivity contribution is -0.116. The molecular weight excluding hydrogens is 426 g/mol. The third kappa shape index (κ3) is 6.04. The van der Waals surface area contributed by atoms with Crippen molar-refractivity contribution in [1.29, 1.82) is 0 Å². The van der Waals surface area contributed by atoms with Gasteiger partial charge in [0.1, 0.15) is 12.4 Å². The summed E-state index contributed by atoms with van der Waals surface area (Å²) in [5.74, 6) is 0.301. The number of aromatic nitrogens is 2. The molecule has 3 amide bonds. The second-order valence-corrected chi connectivity index (χ2v) is 9.58. The minimum atomic E-state index is -0.290. The van der Waals surface area contributed by atoms with Crippen molar-refractivity contribution >= 4 is 23.4 Å². The van der Waals surface area contributed by atoms with Crippen molar-refractivity contribution in [3.05, 3.63) is 71.4 Å². The van der Waals surface area contributed by atoms with E-state index in [2.05, 4.69) is 31.4 Å². The molecule has 34 heavy (non-hydrogen) atoms. The van der Waals surface area contributed by atoms with E-state index in [1.165, 1.54) is 4.90 Å². The highest BCUT2D eigenvalue weighted by Crippen LogP contribution is 2.26. The summed E-state index contributed by atoms with van der Waals surface area (Å²) in [5, 5.41) is 10.7. The van der Waals surface area contributed by atoms with Gasteiger partial charge in [0.05, 0.1) is 11.4 Å². The fourth-order valence-corrected chi connectivity index (χ4v) is 3.68. The fourth-order valence-electron chi connectivity index (χ4n) is 3.68. The first kappa shape index (κ1) is 25.0. The van der Waals surface area contributed by atoms with Crippen LogP contribution in [0.1, 0.15) is 50.9 Å². The highest BCUT2D eigenvalue weighted by Gasteiger charge is 2.23. The SMILES string of the molecule is CCCN(CC(=O)Nc1cc(C(C)(C)C)nn1-c1ccccc1)C(=O)Nc1c(C)cccc1C. The molecule has 3 rings (SSSR count). The van der Waals surface area contributed by atoms with E-state index in [9.17, 15) is 9.59 Å². The summed E-state index contributed by atoms with van der Waals surface area (Å²) in [6, 6.07) is 17.2. The molecule has 2 N–H and O–H groups in total. The van der Waals surface area contributed by atoms with Crippen molar-refractivity contribution in [2.45, 2.75) is 53.4 Å². The minimum Gasteiger partial charge on any atom is -0.315 e. The van der Waals surface area contributed by atoms with E-state index in [1.54, 1.807) is 4.68 Å². The number of para-hydroxylation sites is 2. The van der Waals surface area contributed by atoms with Gasteiger partial charge in [-0.25, -0.2) is 9.48 Å². The topological polar surface area (TPSA) is 79.3 Å². The smallest absolute Gasteiger partial charge is 0.315 e. The summed E-state index contributed by atoms with van der Waals surface area (Å²) < 4.78 is 1.74. The van der Waals surface area contributed by atoms with Crippen molar-refractivity contribution in [3.8, 4) is 5.69 Å². The molecule has 1 aromatic heterocycles. The van der Waals surface area contributed by atoms with Gasteiger partial charge in [-0.05, 0) is 43.5 Å². The minimum absolute atomic E-state index is 0.0601. The van der Waals surface area contributed by atoms with Gasteiger partial charge in [-0.15, -0.1) is 0 Å². The Morgan fingerprint density at radius 2 is 1.62 bits per heavy atom. The quantitative estimate of drug-likeness (QED) is 0.476. The number of aryl methyl sites for hydroxylation is 2. The van der Waals surface area contributed by atoms with Crippen molar-refractivity contribution in [2.24, 2.45) is 0 Å². The molecule has 0 radical (unpaired) electrons. The van der Waals surface area contributed by atoms with Crippen LogP contribution in [0, 0.1) is 13.8 Å². The molecule has 0 aliphatic carbocycles. The van der Waals surface area contributed by atoms with Gasteiger partial charge in [-0.2, -0.15) is 5.10 Å². The molecule has 7 heteroatoms. The Morgan fingerprint density at radius 1 is 0.971 bits per heavy atom. The van der Waals surface area contributed by atoms with E-state index in [4.69, 9.17) is 5.10 Å². The van der Waals surface area contributed by atoms with Crippen LogP contribution in [0.3, 0.4) is 0 Å². The van der Waals surface area contributed by atoms with Crippen LogP contribution in [0.15, 0.2) is 54.6 Å². The van der Waals surface area contributed by atoms with Crippen LogP contribution < -0.4 is 10.6 Å². The fraction of sp³-hybridized carbons (Fsp3) is 0.370. The standard InChI is InChI=1S/C27H35N5O2/c1-7-16-31(26(34)29-25-19(2)12-11-13-20(25)3)18-24(33)28-23-17-22(27(4,5)6)30-32(23)21-14-9-8-10-15-21/h8-15,17H,7,16,18H2,1-6H3,(H,28,33)(H,29,34). The van der Waals surface area contributed by atoms with Crippen LogP contribution in [-0.2, 0) is 10.2 Å². The Labute approximate surface area is 202 Å². The second-order valence-electron chi connectivity index (χ2n) is 9.58. The van der Waals surface area contributed by atoms with Gasteiger partial charge in [-0.3, -0.25) is 4.79 Å². The predicted octanol–water partition coefficient (Wildman–Crippen LogP) is 5.67. The third-order valence-electron chi connectivity index (χ3n) is 5.57. The Bertz CT molecular complexity index is 1130. The van der Waals surface area contributed by atoms with E-state index < -0.39 is 0 Å². The lowest BCUT2D eigenvalue weighted by Crippen LogP contribution is -2.41. The zero-order valence-corrected chi connectivity index (χ0v) is 21.0. The lowest BCUT2D eigenvalue weighted by Gasteiger charge is -2.23. The molecule has 0 atom stereocenters. The average Bonchev–Trinajstić information content (AvgIpc) is 3.21. The summed E-state index contributed by atoms with van der Waals surface area (Å²) in [4.78, 5) is 27.6.